The molecule has 4 heterocycles. The number of fused-ring (bicyclic) bond motifs is 1. The number of aromatic nitrogens is 4. The number of halogens is 1. The van der Waals surface area contributed by atoms with Gasteiger partial charge in [-0.1, -0.05) is 17.7 Å². The molecule has 1 aliphatic heterocycles. The summed E-state index contributed by atoms with van der Waals surface area (Å²) in [5.74, 6) is 0.933. The number of hydrogen-bond donors (Lipinski definition) is 1. The molecule has 8 nitrogen and oxygen atoms in total. The van der Waals surface area contributed by atoms with Crippen LogP contribution in [0.5, 0.6) is 5.75 Å². The van der Waals surface area contributed by atoms with Gasteiger partial charge >= 0.3 is 0 Å². The molecule has 3 aromatic rings. The van der Waals surface area contributed by atoms with E-state index in [0.29, 0.717) is 30.2 Å². The van der Waals surface area contributed by atoms with E-state index in [1.165, 1.54) is 0 Å². The minimum atomic E-state index is -0.243. The summed E-state index contributed by atoms with van der Waals surface area (Å²) >= 11 is 6.32. The molecule has 0 saturated heterocycles. The van der Waals surface area contributed by atoms with Gasteiger partial charge in [0.25, 0.3) is 0 Å². The number of nitrogens with zero attached hydrogens (tertiary/aromatic N) is 5. The molecule has 158 valence electrons. The molecule has 0 bridgehead atoms. The lowest BCUT2D eigenvalue weighted by molar-refractivity contribution is 0.103. The van der Waals surface area contributed by atoms with Gasteiger partial charge in [0.1, 0.15) is 22.3 Å². The number of rotatable bonds is 4. The van der Waals surface area contributed by atoms with Crippen molar-refractivity contribution >= 4 is 35.2 Å². The number of Topliss-reactive ketones (excluding diaryl/α,β-unsaturated/α-hetero) is 1. The summed E-state index contributed by atoms with van der Waals surface area (Å²) in [6.07, 6.45) is 5.19. The molecular weight excluding hydrogens is 416 g/mol. The molecule has 0 fully saturated rings. The predicted octanol–water partition coefficient (Wildman–Crippen LogP) is 3.41. The normalized spacial score (nSPS) is 14.6. The van der Waals surface area contributed by atoms with E-state index >= 15 is 0 Å². The van der Waals surface area contributed by atoms with Gasteiger partial charge in [-0.25, -0.2) is 4.98 Å². The van der Waals surface area contributed by atoms with Gasteiger partial charge in [-0.2, -0.15) is 4.98 Å². The van der Waals surface area contributed by atoms with E-state index in [1.807, 2.05) is 36.9 Å². The summed E-state index contributed by atoms with van der Waals surface area (Å²) in [4.78, 5) is 32.3. The maximum Gasteiger partial charge on any atom is 0.223 e. The zero-order chi connectivity index (χ0) is 22.1. The number of carbonyl (C=O) groups excluding carboxylic acids is 1. The molecule has 2 N–H and O–H groups in total. The molecule has 0 unspecified atom stereocenters. The van der Waals surface area contributed by atoms with Crippen molar-refractivity contribution in [1.29, 1.82) is 0 Å². The molecule has 0 atom stereocenters. The number of carbonyl (C=O) groups is 1. The third kappa shape index (κ3) is 3.94. The van der Waals surface area contributed by atoms with E-state index in [4.69, 9.17) is 22.1 Å². The molecule has 9 heteroatoms. The molecule has 31 heavy (non-hydrogen) atoms. The highest BCUT2D eigenvalue weighted by Gasteiger charge is 2.33. The second-order valence-electron chi connectivity index (χ2n) is 7.23. The van der Waals surface area contributed by atoms with Crippen LogP contribution in [0, 0.1) is 13.8 Å². The Morgan fingerprint density at radius 2 is 2.06 bits per heavy atom. The highest BCUT2D eigenvalue weighted by molar-refractivity contribution is 6.35. The van der Waals surface area contributed by atoms with Gasteiger partial charge in [-0.3, -0.25) is 14.8 Å². The van der Waals surface area contributed by atoms with Crippen LogP contribution in [-0.4, -0.2) is 39.4 Å². The first-order valence-corrected chi connectivity index (χ1v) is 10.00. The fraction of sp³-hybridized carbons (Fsp3) is 0.227. The van der Waals surface area contributed by atoms with E-state index in [1.54, 1.807) is 25.6 Å². The molecule has 0 radical (unpaired) electrons. The largest absolute Gasteiger partial charge is 0.496 e. The van der Waals surface area contributed by atoms with Crippen molar-refractivity contribution in [2.45, 2.75) is 20.4 Å². The highest BCUT2D eigenvalue weighted by Crippen LogP contribution is 2.35. The van der Waals surface area contributed by atoms with Crippen LogP contribution in [0.2, 0.25) is 5.15 Å². The summed E-state index contributed by atoms with van der Waals surface area (Å²) in [7, 11) is 1.63. The summed E-state index contributed by atoms with van der Waals surface area (Å²) < 4.78 is 5.53. The van der Waals surface area contributed by atoms with Crippen LogP contribution >= 0.6 is 11.6 Å². The van der Waals surface area contributed by atoms with E-state index < -0.39 is 0 Å². The number of anilines is 2. The Bertz CT molecular complexity index is 1200. The maximum absolute atomic E-state index is 13.2. The fourth-order valence-corrected chi connectivity index (χ4v) is 3.93. The topological polar surface area (TPSA) is 107 Å². The first-order valence-electron chi connectivity index (χ1n) is 9.62. The molecule has 0 spiro atoms. The Balaban J connectivity index is 1.81. The van der Waals surface area contributed by atoms with Gasteiger partial charge in [-0.15, -0.1) is 0 Å². The Hall–Kier alpha value is -3.52. The van der Waals surface area contributed by atoms with E-state index in [-0.39, 0.29) is 22.4 Å². The average molecular weight is 437 g/mol. The quantitative estimate of drug-likeness (QED) is 0.489. The van der Waals surface area contributed by atoms with Crippen molar-refractivity contribution in [2.75, 3.05) is 24.3 Å². The van der Waals surface area contributed by atoms with Crippen LogP contribution in [-0.2, 0) is 6.54 Å². The van der Waals surface area contributed by atoms with Crippen molar-refractivity contribution in [3.8, 4) is 5.75 Å². The van der Waals surface area contributed by atoms with Crippen LogP contribution in [0.1, 0.15) is 32.9 Å². The lowest BCUT2D eigenvalue weighted by atomic mass is 9.98. The van der Waals surface area contributed by atoms with Gasteiger partial charge in [0.2, 0.25) is 5.95 Å². The average Bonchev–Trinajstić information content (AvgIpc) is 2.74. The van der Waals surface area contributed by atoms with Crippen molar-refractivity contribution in [3.05, 3.63) is 69.4 Å². The number of nitrogen functional groups attached to an aromatic ring is 1. The molecule has 0 aromatic carbocycles. The van der Waals surface area contributed by atoms with E-state index in [2.05, 4.69) is 19.9 Å². The number of ketones is 1. The monoisotopic (exact) mass is 436 g/mol. The van der Waals surface area contributed by atoms with Gasteiger partial charge < -0.3 is 15.4 Å². The second kappa shape index (κ2) is 8.31. The van der Waals surface area contributed by atoms with Crippen LogP contribution < -0.4 is 15.4 Å². The van der Waals surface area contributed by atoms with Gasteiger partial charge in [0.05, 0.1) is 25.0 Å². The predicted molar refractivity (Wildman–Crippen MR) is 119 cm³/mol. The second-order valence-corrected chi connectivity index (χ2v) is 7.58. The number of aryl methyl sites for hydroxylation is 1. The summed E-state index contributed by atoms with van der Waals surface area (Å²) in [5.41, 5.74) is 9.92. The zero-order valence-electron chi connectivity index (χ0n) is 17.4. The van der Waals surface area contributed by atoms with Crippen molar-refractivity contribution < 1.29 is 9.53 Å². The standard InChI is InChI=1S/C22H21ClN6O2/c1-12-9-26-16(13(2)19(12)31-3)11-29-10-14(8-15-6-4-5-7-25-15)18(30)17-20(23)27-22(24)28-21(17)29/h4-9H,10-11H2,1-3H3,(H2,24,27,28). The van der Waals surface area contributed by atoms with Crippen molar-refractivity contribution in [3.63, 3.8) is 0 Å². The Morgan fingerprint density at radius 1 is 1.26 bits per heavy atom. The minimum Gasteiger partial charge on any atom is -0.496 e. The molecule has 3 aromatic heterocycles. The number of pyridine rings is 2. The molecule has 0 amide bonds. The first kappa shape index (κ1) is 20.7. The van der Waals surface area contributed by atoms with Gasteiger partial charge in [0, 0.05) is 35.6 Å². The fourth-order valence-electron chi connectivity index (χ4n) is 3.67. The van der Waals surface area contributed by atoms with Crippen molar-refractivity contribution in [2.24, 2.45) is 0 Å². The van der Waals surface area contributed by atoms with Crippen molar-refractivity contribution in [1.82, 2.24) is 19.9 Å². The van der Waals surface area contributed by atoms with Crippen LogP contribution in [0.3, 0.4) is 0 Å². The highest BCUT2D eigenvalue weighted by atomic mass is 35.5. The molecule has 1 aliphatic rings. The molecule has 0 saturated carbocycles. The summed E-state index contributed by atoms with van der Waals surface area (Å²) in [6.45, 7) is 4.58. The van der Waals surface area contributed by atoms with Crippen LogP contribution in [0.15, 0.2) is 36.2 Å². The number of ether oxygens (including phenoxy) is 1. The Kier molecular flexibility index (Phi) is 5.56. The number of nitrogens with two attached hydrogens (primary N) is 1. The van der Waals surface area contributed by atoms with E-state index in [0.717, 1.165) is 22.6 Å². The van der Waals surface area contributed by atoms with Crippen LogP contribution in [0.25, 0.3) is 6.08 Å². The Labute approximate surface area is 184 Å². The Morgan fingerprint density at radius 3 is 2.77 bits per heavy atom. The minimum absolute atomic E-state index is 0.00451. The van der Waals surface area contributed by atoms with Gasteiger partial charge in [-0.05, 0) is 32.1 Å². The third-order valence-corrected chi connectivity index (χ3v) is 5.42. The smallest absolute Gasteiger partial charge is 0.223 e. The molecule has 4 rings (SSSR count). The molecular formula is C22H21ClN6O2. The molecule has 0 aliphatic carbocycles. The zero-order valence-corrected chi connectivity index (χ0v) is 18.1. The summed E-state index contributed by atoms with van der Waals surface area (Å²) in [5, 5.41) is 0.0234. The maximum atomic E-state index is 13.2. The van der Waals surface area contributed by atoms with Crippen LogP contribution in [0.4, 0.5) is 11.8 Å². The lowest BCUT2D eigenvalue weighted by Gasteiger charge is -2.31. The third-order valence-electron chi connectivity index (χ3n) is 5.14. The number of hydrogen-bond acceptors (Lipinski definition) is 8. The van der Waals surface area contributed by atoms with Gasteiger partial charge in [0.15, 0.2) is 5.78 Å². The summed E-state index contributed by atoms with van der Waals surface area (Å²) in [6, 6.07) is 5.51. The number of methoxy groups -OCH3 is 1. The lowest BCUT2D eigenvalue weighted by Crippen LogP contribution is -2.35. The SMILES string of the molecule is COc1c(C)cnc(CN2CC(=Cc3ccccn3)C(=O)c3c(Cl)nc(N)nc32)c1C. The first-order chi connectivity index (χ1) is 14.9. The van der Waals surface area contributed by atoms with E-state index in [9.17, 15) is 4.79 Å².